The van der Waals surface area contributed by atoms with E-state index in [1.807, 2.05) is 13.1 Å². The highest BCUT2D eigenvalue weighted by Gasteiger charge is 2.46. The lowest BCUT2D eigenvalue weighted by Crippen LogP contribution is -2.53. The molecule has 0 aromatic carbocycles. The Bertz CT molecular complexity index is 894. The van der Waals surface area contributed by atoms with E-state index in [2.05, 4.69) is 30.7 Å². The van der Waals surface area contributed by atoms with Crippen molar-refractivity contribution in [3.63, 3.8) is 0 Å². The third kappa shape index (κ3) is 8.21. The predicted molar refractivity (Wildman–Crippen MR) is 143 cm³/mol. The van der Waals surface area contributed by atoms with Crippen molar-refractivity contribution in [3.8, 4) is 0 Å². The first-order chi connectivity index (χ1) is 17.1. The molecular formula is C25H44N2O8Si2. The van der Waals surface area contributed by atoms with E-state index in [4.69, 9.17) is 4.12 Å². The summed E-state index contributed by atoms with van der Waals surface area (Å²) in [4.78, 5) is 62.6. The molecule has 0 radical (unpaired) electrons. The largest absolute Gasteiger partial charge is 0.481 e. The third-order valence-electron chi connectivity index (χ3n) is 8.15. The Morgan fingerprint density at radius 2 is 1.27 bits per heavy atom. The molecule has 4 N–H and O–H groups in total. The van der Waals surface area contributed by atoms with Gasteiger partial charge in [0.25, 0.3) is 0 Å². The summed E-state index contributed by atoms with van der Waals surface area (Å²) in [6.07, 6.45) is 1.86. The van der Waals surface area contributed by atoms with Gasteiger partial charge in [0.2, 0.25) is 11.8 Å². The Morgan fingerprint density at radius 3 is 1.76 bits per heavy atom. The zero-order valence-electron chi connectivity index (χ0n) is 23.0. The van der Waals surface area contributed by atoms with E-state index in [-0.39, 0.29) is 36.9 Å². The smallest absolute Gasteiger partial charge is 0.307 e. The van der Waals surface area contributed by atoms with Gasteiger partial charge in [0.05, 0.1) is 23.7 Å². The van der Waals surface area contributed by atoms with E-state index in [0.717, 1.165) is 6.04 Å². The van der Waals surface area contributed by atoms with Crippen LogP contribution >= 0.6 is 0 Å². The van der Waals surface area contributed by atoms with Crippen molar-refractivity contribution in [1.82, 2.24) is 10.6 Å². The third-order valence-corrected chi connectivity index (χ3v) is 15.3. The standard InChI is InChI=1S/C25H44N2O8Si2/c1-7-36(3,4)35-37(5,6)14-27-23(30)19-12-15(9-11-18(19)24(31)32)21(28)16-8-10-17(22(29)26-2)20(13-16)25(33)34/h15-20H,7-14H2,1-6H3,(H,26,29)(H,27,30)(H,31,32)(H,33,34). The van der Waals surface area contributed by atoms with Gasteiger partial charge in [0.1, 0.15) is 5.78 Å². The quantitative estimate of drug-likeness (QED) is 0.283. The predicted octanol–water partition coefficient (Wildman–Crippen LogP) is 2.64. The molecule has 2 rings (SSSR count). The minimum absolute atomic E-state index is 0.0796. The van der Waals surface area contributed by atoms with Crippen LogP contribution in [0.1, 0.15) is 45.4 Å². The number of carbonyl (C=O) groups is 5. The fraction of sp³-hybridized carbons (Fsp3) is 0.800. The molecule has 6 atom stereocenters. The molecule has 0 spiro atoms. The van der Waals surface area contributed by atoms with Crippen LogP contribution in [-0.2, 0) is 28.1 Å². The van der Waals surface area contributed by atoms with Gasteiger partial charge in [-0.05, 0) is 70.8 Å². The average molecular weight is 557 g/mol. The molecule has 0 saturated heterocycles. The number of nitrogens with one attached hydrogen (secondary N) is 2. The highest BCUT2D eigenvalue weighted by Crippen LogP contribution is 2.41. The summed E-state index contributed by atoms with van der Waals surface area (Å²) < 4.78 is 6.40. The van der Waals surface area contributed by atoms with Crippen LogP contribution in [0.2, 0.25) is 32.2 Å². The lowest BCUT2D eigenvalue weighted by Gasteiger charge is -2.37. The molecule has 2 aliphatic carbocycles. The van der Waals surface area contributed by atoms with E-state index < -0.39 is 64.1 Å². The van der Waals surface area contributed by atoms with Gasteiger partial charge in [-0.2, -0.15) is 0 Å². The normalized spacial score (nSPS) is 28.7. The number of rotatable bonds is 11. The van der Waals surface area contributed by atoms with Crippen molar-refractivity contribution in [1.29, 1.82) is 0 Å². The average Bonchev–Trinajstić information content (AvgIpc) is 2.84. The number of hydrogen-bond acceptors (Lipinski definition) is 6. The Labute approximate surface area is 221 Å². The first kappa shape index (κ1) is 31.2. The van der Waals surface area contributed by atoms with Crippen molar-refractivity contribution < 1.29 is 38.3 Å². The van der Waals surface area contributed by atoms with Crippen LogP contribution in [0.25, 0.3) is 0 Å². The van der Waals surface area contributed by atoms with E-state index in [1.165, 1.54) is 7.05 Å². The van der Waals surface area contributed by atoms with E-state index in [0.29, 0.717) is 25.4 Å². The molecule has 210 valence electrons. The lowest BCUT2D eigenvalue weighted by atomic mass is 9.66. The summed E-state index contributed by atoms with van der Waals surface area (Å²) in [5.41, 5.74) is 0. The summed E-state index contributed by atoms with van der Waals surface area (Å²) in [5, 5.41) is 24.9. The number of Topliss-reactive ketones (excluding diaryl/α,β-unsaturated/α-hetero) is 1. The van der Waals surface area contributed by atoms with Gasteiger partial charge in [0, 0.05) is 25.1 Å². The van der Waals surface area contributed by atoms with Crippen molar-refractivity contribution in [2.75, 3.05) is 13.2 Å². The van der Waals surface area contributed by atoms with Gasteiger partial charge in [0.15, 0.2) is 16.6 Å². The zero-order chi connectivity index (χ0) is 28.1. The maximum atomic E-state index is 13.4. The zero-order valence-corrected chi connectivity index (χ0v) is 25.0. The van der Waals surface area contributed by atoms with Gasteiger partial charge in [-0.3, -0.25) is 24.0 Å². The number of carbonyl (C=O) groups excluding carboxylic acids is 3. The topological polar surface area (TPSA) is 159 Å². The maximum absolute atomic E-state index is 13.4. The van der Waals surface area contributed by atoms with Crippen LogP contribution in [0, 0.1) is 35.5 Å². The second kappa shape index (κ2) is 12.7. The van der Waals surface area contributed by atoms with Crippen molar-refractivity contribution in [3.05, 3.63) is 0 Å². The Morgan fingerprint density at radius 1 is 0.757 bits per heavy atom. The van der Waals surface area contributed by atoms with Gasteiger partial charge < -0.3 is 25.0 Å². The maximum Gasteiger partial charge on any atom is 0.307 e. The summed E-state index contributed by atoms with van der Waals surface area (Å²) in [7, 11) is -2.57. The van der Waals surface area contributed by atoms with Gasteiger partial charge >= 0.3 is 11.9 Å². The molecule has 6 unspecified atom stereocenters. The lowest BCUT2D eigenvalue weighted by molar-refractivity contribution is -0.153. The molecule has 2 amide bonds. The molecule has 0 aromatic heterocycles. The molecule has 0 aliphatic heterocycles. The molecule has 10 nitrogen and oxygen atoms in total. The molecular weight excluding hydrogens is 512 g/mol. The fourth-order valence-electron chi connectivity index (χ4n) is 5.84. The number of carboxylic acid groups (broad SMARTS) is 2. The minimum Gasteiger partial charge on any atom is -0.481 e. The SMILES string of the molecule is CC[Si](C)(C)O[Si](C)(C)CNC(=O)C1CC(C(=O)C2CCC(C(=O)NC)C(C(=O)O)C2)CCC1C(=O)O. The monoisotopic (exact) mass is 556 g/mol. The number of ketones is 1. The van der Waals surface area contributed by atoms with Crippen molar-refractivity contribution in [2.45, 2.75) is 77.7 Å². The summed E-state index contributed by atoms with van der Waals surface area (Å²) >= 11 is 0. The van der Waals surface area contributed by atoms with Crippen LogP contribution in [0.5, 0.6) is 0 Å². The molecule has 0 heterocycles. The highest BCUT2D eigenvalue weighted by atomic mass is 28.4. The second-order valence-corrected chi connectivity index (χ2v) is 20.7. The van der Waals surface area contributed by atoms with Crippen molar-refractivity contribution >= 4 is 46.2 Å². The number of hydrogen-bond donors (Lipinski definition) is 4. The first-order valence-corrected chi connectivity index (χ1v) is 19.5. The highest BCUT2D eigenvalue weighted by molar-refractivity contribution is 6.85. The molecule has 0 aromatic rings. The van der Waals surface area contributed by atoms with Crippen LogP contribution in [0.3, 0.4) is 0 Å². The van der Waals surface area contributed by atoms with Gasteiger partial charge in [-0.1, -0.05) is 6.92 Å². The Balaban J connectivity index is 2.10. The van der Waals surface area contributed by atoms with Gasteiger partial charge in [-0.15, -0.1) is 0 Å². The molecule has 2 aliphatic rings. The van der Waals surface area contributed by atoms with Crippen LogP contribution in [0.15, 0.2) is 0 Å². The molecule has 0 bridgehead atoms. The Kier molecular flexibility index (Phi) is 10.7. The van der Waals surface area contributed by atoms with E-state index in [9.17, 15) is 34.2 Å². The Hall–Kier alpha value is -2.06. The fourth-order valence-corrected chi connectivity index (χ4v) is 13.3. The first-order valence-electron chi connectivity index (χ1n) is 13.3. The summed E-state index contributed by atoms with van der Waals surface area (Å²) in [6, 6.07) is 0.957. The number of aliphatic carboxylic acids is 2. The van der Waals surface area contributed by atoms with Crippen molar-refractivity contribution in [2.24, 2.45) is 35.5 Å². The number of carboxylic acids is 2. The van der Waals surface area contributed by atoms with Crippen LogP contribution in [0.4, 0.5) is 0 Å². The minimum atomic E-state index is -2.21. The molecule has 2 saturated carbocycles. The second-order valence-electron chi connectivity index (χ2n) is 11.8. The number of amides is 2. The van der Waals surface area contributed by atoms with E-state index in [1.54, 1.807) is 0 Å². The van der Waals surface area contributed by atoms with Crippen LogP contribution in [-0.4, -0.2) is 69.6 Å². The van der Waals surface area contributed by atoms with Gasteiger partial charge in [-0.25, -0.2) is 0 Å². The molecule has 12 heteroatoms. The van der Waals surface area contributed by atoms with E-state index >= 15 is 0 Å². The summed E-state index contributed by atoms with van der Waals surface area (Å²) in [5.74, 6) is -7.30. The molecule has 2 fully saturated rings. The molecule has 37 heavy (non-hydrogen) atoms. The van der Waals surface area contributed by atoms with Crippen LogP contribution < -0.4 is 10.6 Å². The summed E-state index contributed by atoms with van der Waals surface area (Å²) in [6.45, 7) is 10.4.